The minimum absolute atomic E-state index is 0.0361. The van der Waals surface area contributed by atoms with Crippen LogP contribution in [0.25, 0.3) is 0 Å². The number of amides is 5. The van der Waals surface area contributed by atoms with Crippen molar-refractivity contribution in [3.8, 4) is 5.88 Å². The Labute approximate surface area is 221 Å². The van der Waals surface area contributed by atoms with Crippen molar-refractivity contribution in [2.45, 2.75) is 63.1 Å². The fourth-order valence-corrected chi connectivity index (χ4v) is 5.77. The molecule has 2 aliphatic heterocycles. The molecule has 1 aromatic carbocycles. The molecule has 5 amide bonds. The average molecular weight is 520 g/mol. The van der Waals surface area contributed by atoms with Crippen LogP contribution in [0.4, 0.5) is 4.79 Å². The van der Waals surface area contributed by atoms with Crippen molar-refractivity contribution in [3.63, 3.8) is 0 Å². The Morgan fingerprint density at radius 2 is 1.68 bits per heavy atom. The van der Waals surface area contributed by atoms with Gasteiger partial charge in [-0.25, -0.2) is 9.78 Å². The lowest BCUT2D eigenvalue weighted by molar-refractivity contribution is -0.130. The quantitative estimate of drug-likeness (QED) is 0.540. The highest BCUT2D eigenvalue weighted by atomic mass is 16.5. The lowest BCUT2D eigenvalue weighted by Crippen LogP contribution is -2.44. The van der Waals surface area contributed by atoms with Crippen molar-refractivity contribution in [2.75, 3.05) is 13.1 Å². The molecule has 38 heavy (non-hydrogen) atoms. The minimum Gasteiger partial charge on any atom is -0.474 e. The molecule has 3 N–H and O–H groups in total. The molecule has 1 aliphatic carbocycles. The number of carbonyl (C=O) groups excluding carboxylic acids is 4. The molecule has 10 nitrogen and oxygen atoms in total. The average Bonchev–Trinajstić information content (AvgIpc) is 3.22. The number of nitrogens with two attached hydrogens (primary N) is 1. The first-order valence-corrected chi connectivity index (χ1v) is 13.3. The zero-order valence-electron chi connectivity index (χ0n) is 21.3. The molecule has 2 aromatic rings. The van der Waals surface area contributed by atoms with Gasteiger partial charge in [0, 0.05) is 30.9 Å². The lowest BCUT2D eigenvalue weighted by Gasteiger charge is -2.34. The van der Waals surface area contributed by atoms with Crippen molar-refractivity contribution in [1.82, 2.24) is 20.1 Å². The van der Waals surface area contributed by atoms with Gasteiger partial charge in [-0.1, -0.05) is 18.2 Å². The summed E-state index contributed by atoms with van der Waals surface area (Å²) in [6.07, 6.45) is 6.09. The number of rotatable bonds is 7. The van der Waals surface area contributed by atoms with Crippen LogP contribution in [0, 0.1) is 5.92 Å². The van der Waals surface area contributed by atoms with E-state index < -0.39 is 11.9 Å². The normalized spacial score (nSPS) is 24.3. The number of urea groups is 1. The van der Waals surface area contributed by atoms with E-state index in [2.05, 4.69) is 10.3 Å². The monoisotopic (exact) mass is 519 g/mol. The van der Waals surface area contributed by atoms with E-state index in [1.54, 1.807) is 18.3 Å². The molecule has 1 unspecified atom stereocenters. The highest BCUT2D eigenvalue weighted by Crippen LogP contribution is 2.31. The molecule has 0 bridgehead atoms. The van der Waals surface area contributed by atoms with E-state index in [-0.39, 0.29) is 47.4 Å². The van der Waals surface area contributed by atoms with Gasteiger partial charge in [-0.3, -0.25) is 19.3 Å². The second-order valence-electron chi connectivity index (χ2n) is 10.3. The Balaban J connectivity index is 1.10. The summed E-state index contributed by atoms with van der Waals surface area (Å²) in [6.45, 7) is 1.30. The number of hydrogen-bond acceptors (Lipinski definition) is 6. The Kier molecular flexibility index (Phi) is 7.57. The van der Waals surface area contributed by atoms with Crippen LogP contribution in [0.15, 0.2) is 48.7 Å². The number of hydrogen-bond donors (Lipinski definition) is 2. The Bertz CT molecular complexity index is 1190. The second-order valence-corrected chi connectivity index (χ2v) is 10.3. The van der Waals surface area contributed by atoms with Gasteiger partial charge in [0.2, 0.25) is 5.88 Å². The number of nitrogens with zero attached hydrogens (tertiary/aromatic N) is 3. The molecule has 3 heterocycles. The lowest BCUT2D eigenvalue weighted by atomic mass is 9.89. The van der Waals surface area contributed by atoms with Gasteiger partial charge in [0.1, 0.15) is 17.7 Å². The molecule has 1 atom stereocenters. The first-order chi connectivity index (χ1) is 18.4. The number of nitrogens with one attached hydrogen (secondary N) is 1. The predicted molar refractivity (Wildman–Crippen MR) is 138 cm³/mol. The van der Waals surface area contributed by atoms with Gasteiger partial charge in [0.05, 0.1) is 0 Å². The first-order valence-electron chi connectivity index (χ1n) is 13.3. The topological polar surface area (TPSA) is 135 Å². The molecule has 3 aliphatic rings. The number of carbonyl (C=O) groups is 4. The smallest absolute Gasteiger partial charge is 0.325 e. The Hall–Kier alpha value is -3.95. The van der Waals surface area contributed by atoms with Gasteiger partial charge in [-0.2, -0.15) is 0 Å². The summed E-state index contributed by atoms with van der Waals surface area (Å²) in [5.41, 5.74) is 6.34. The summed E-state index contributed by atoms with van der Waals surface area (Å²) in [5.74, 6) is -0.238. The summed E-state index contributed by atoms with van der Waals surface area (Å²) in [7, 11) is 0. The molecule has 0 radical (unpaired) electrons. The molecule has 5 rings (SSSR count). The van der Waals surface area contributed by atoms with E-state index >= 15 is 0 Å². The first kappa shape index (κ1) is 25.7. The summed E-state index contributed by atoms with van der Waals surface area (Å²) < 4.78 is 5.94. The van der Waals surface area contributed by atoms with Crippen LogP contribution >= 0.6 is 0 Å². The number of likely N-dealkylation sites (tertiary alicyclic amines) is 1. The summed E-state index contributed by atoms with van der Waals surface area (Å²) in [6, 6.07) is 11.4. The zero-order chi connectivity index (χ0) is 26.6. The minimum atomic E-state index is -0.597. The largest absolute Gasteiger partial charge is 0.474 e. The molecular weight excluding hydrogens is 486 g/mol. The number of aromatic nitrogens is 1. The molecule has 3 fully saturated rings. The molecule has 1 aromatic heterocycles. The third kappa shape index (κ3) is 5.49. The number of ether oxygens (including phenoxy) is 1. The number of primary amides is 1. The number of benzene rings is 1. The van der Waals surface area contributed by atoms with Crippen LogP contribution < -0.4 is 15.8 Å². The van der Waals surface area contributed by atoms with Crippen molar-refractivity contribution in [2.24, 2.45) is 11.7 Å². The van der Waals surface area contributed by atoms with Crippen LogP contribution in [0.5, 0.6) is 5.88 Å². The van der Waals surface area contributed by atoms with Crippen LogP contribution in [0.2, 0.25) is 0 Å². The highest BCUT2D eigenvalue weighted by molar-refractivity contribution is 6.04. The SMILES string of the molecule is NC(=O)c1cccnc1O[C@H]1CC[C@H](N2C(=O)NC(CC3CCN(C(=O)c4ccccc4)CC3)C2=O)CC1. The zero-order valence-corrected chi connectivity index (χ0v) is 21.3. The number of imide groups is 1. The van der Waals surface area contributed by atoms with E-state index in [4.69, 9.17) is 10.5 Å². The third-order valence-electron chi connectivity index (χ3n) is 7.87. The maximum atomic E-state index is 13.2. The Morgan fingerprint density at radius 1 is 0.974 bits per heavy atom. The highest BCUT2D eigenvalue weighted by Gasteiger charge is 2.44. The van der Waals surface area contributed by atoms with Gasteiger partial charge in [-0.15, -0.1) is 0 Å². The van der Waals surface area contributed by atoms with Crippen LogP contribution in [0.3, 0.4) is 0 Å². The van der Waals surface area contributed by atoms with Crippen molar-refractivity contribution < 1.29 is 23.9 Å². The molecule has 10 heteroatoms. The van der Waals surface area contributed by atoms with Crippen molar-refractivity contribution >= 4 is 23.8 Å². The van der Waals surface area contributed by atoms with Crippen LogP contribution in [-0.4, -0.2) is 69.8 Å². The maximum Gasteiger partial charge on any atom is 0.325 e. The third-order valence-corrected chi connectivity index (χ3v) is 7.87. The number of piperidine rings is 1. The van der Waals surface area contributed by atoms with E-state index in [1.165, 1.54) is 4.90 Å². The van der Waals surface area contributed by atoms with Gasteiger partial charge < -0.3 is 20.7 Å². The van der Waals surface area contributed by atoms with E-state index in [9.17, 15) is 19.2 Å². The molecule has 200 valence electrons. The summed E-state index contributed by atoms with van der Waals surface area (Å²) in [5, 5.41) is 2.89. The standard InChI is InChI=1S/C28H33N5O5/c29-24(34)22-7-4-14-30-25(22)38-21-10-8-20(9-11-21)33-27(36)23(31-28(33)37)17-18-12-15-32(16-13-18)26(35)19-5-2-1-3-6-19/h1-7,14,18,20-21,23H,8-13,15-17H2,(H2,29,34)(H,31,37)/t20-,21-,23?. The number of pyridine rings is 1. The van der Waals surface area contributed by atoms with Gasteiger partial charge >= 0.3 is 6.03 Å². The van der Waals surface area contributed by atoms with Crippen molar-refractivity contribution in [3.05, 3.63) is 59.8 Å². The van der Waals surface area contributed by atoms with E-state index in [1.807, 2.05) is 35.2 Å². The van der Waals surface area contributed by atoms with E-state index in [0.717, 1.165) is 12.8 Å². The molecule has 1 saturated carbocycles. The second kappa shape index (κ2) is 11.2. The fraction of sp³-hybridized carbons (Fsp3) is 0.464. The molecule has 2 saturated heterocycles. The fourth-order valence-electron chi connectivity index (χ4n) is 5.77. The van der Waals surface area contributed by atoms with Crippen LogP contribution in [-0.2, 0) is 4.79 Å². The van der Waals surface area contributed by atoms with Gasteiger partial charge in [-0.05, 0) is 75.1 Å². The molecule has 0 spiro atoms. The summed E-state index contributed by atoms with van der Waals surface area (Å²) in [4.78, 5) is 57.7. The summed E-state index contributed by atoms with van der Waals surface area (Å²) >= 11 is 0. The van der Waals surface area contributed by atoms with Gasteiger partial charge in [0.15, 0.2) is 0 Å². The van der Waals surface area contributed by atoms with Crippen molar-refractivity contribution in [1.29, 1.82) is 0 Å². The van der Waals surface area contributed by atoms with E-state index in [0.29, 0.717) is 50.8 Å². The predicted octanol–water partition coefficient (Wildman–Crippen LogP) is 2.73. The molecular formula is C28H33N5O5. The van der Waals surface area contributed by atoms with Crippen LogP contribution in [0.1, 0.15) is 65.7 Å². The maximum absolute atomic E-state index is 13.2. The Morgan fingerprint density at radius 3 is 2.37 bits per heavy atom. The van der Waals surface area contributed by atoms with Gasteiger partial charge in [0.25, 0.3) is 17.7 Å².